The SMILES string of the molecule is CN1CCN(S(=O)(=O)c2cc(CO)oc2Br)CC1(C)C. The maximum Gasteiger partial charge on any atom is 0.247 e. The van der Waals surface area contributed by atoms with E-state index in [2.05, 4.69) is 20.8 Å². The normalized spacial score (nSPS) is 21.2. The van der Waals surface area contributed by atoms with Gasteiger partial charge in [-0.3, -0.25) is 4.90 Å². The zero-order valence-electron chi connectivity index (χ0n) is 11.8. The minimum atomic E-state index is -3.62. The molecule has 0 saturated carbocycles. The van der Waals surface area contributed by atoms with E-state index in [9.17, 15) is 8.42 Å². The first-order valence-electron chi connectivity index (χ1n) is 6.29. The molecule has 20 heavy (non-hydrogen) atoms. The Balaban J connectivity index is 2.33. The Morgan fingerprint density at radius 1 is 1.45 bits per heavy atom. The molecule has 1 aliphatic rings. The molecule has 6 nitrogen and oxygen atoms in total. The van der Waals surface area contributed by atoms with Gasteiger partial charge >= 0.3 is 0 Å². The van der Waals surface area contributed by atoms with Gasteiger partial charge in [0.05, 0.1) is 0 Å². The molecule has 8 heteroatoms. The van der Waals surface area contributed by atoms with Crippen LogP contribution >= 0.6 is 15.9 Å². The Morgan fingerprint density at radius 3 is 2.60 bits per heavy atom. The average molecular weight is 367 g/mol. The molecule has 1 aromatic heterocycles. The van der Waals surface area contributed by atoms with Crippen molar-refractivity contribution in [1.82, 2.24) is 9.21 Å². The summed E-state index contributed by atoms with van der Waals surface area (Å²) >= 11 is 3.11. The van der Waals surface area contributed by atoms with E-state index < -0.39 is 10.0 Å². The minimum Gasteiger partial charge on any atom is -0.450 e. The Morgan fingerprint density at radius 2 is 2.10 bits per heavy atom. The predicted octanol–water partition coefficient (Wildman–Crippen LogP) is 1.25. The summed E-state index contributed by atoms with van der Waals surface area (Å²) in [5.74, 6) is 0.226. The molecular formula is C12H19BrN2O4S. The lowest BCUT2D eigenvalue weighted by atomic mass is 10.0. The molecular weight excluding hydrogens is 348 g/mol. The van der Waals surface area contributed by atoms with Crippen LogP contribution in [-0.4, -0.2) is 55.0 Å². The highest BCUT2D eigenvalue weighted by Gasteiger charge is 2.38. The Bertz CT molecular complexity index is 597. The third-order valence-electron chi connectivity index (χ3n) is 3.76. The van der Waals surface area contributed by atoms with Crippen LogP contribution in [0.25, 0.3) is 0 Å². The maximum absolute atomic E-state index is 12.7. The van der Waals surface area contributed by atoms with E-state index in [4.69, 9.17) is 9.52 Å². The fraction of sp³-hybridized carbons (Fsp3) is 0.667. The van der Waals surface area contributed by atoms with Gasteiger partial charge in [0, 0.05) is 31.2 Å². The van der Waals surface area contributed by atoms with Crippen LogP contribution in [0, 0.1) is 0 Å². The van der Waals surface area contributed by atoms with E-state index >= 15 is 0 Å². The Hall–Kier alpha value is -0.410. The molecule has 0 aromatic carbocycles. The first kappa shape index (κ1) is 16.0. The largest absolute Gasteiger partial charge is 0.450 e. The number of rotatable bonds is 3. The lowest BCUT2D eigenvalue weighted by molar-refractivity contribution is 0.0801. The molecule has 1 aliphatic heterocycles. The molecule has 0 atom stereocenters. The van der Waals surface area contributed by atoms with Crippen LogP contribution in [0.2, 0.25) is 0 Å². The highest BCUT2D eigenvalue weighted by Crippen LogP contribution is 2.31. The number of hydrogen-bond donors (Lipinski definition) is 1. The summed E-state index contributed by atoms with van der Waals surface area (Å²) in [6, 6.07) is 1.37. The summed E-state index contributed by atoms with van der Waals surface area (Å²) in [5.41, 5.74) is -0.221. The van der Waals surface area contributed by atoms with Gasteiger partial charge in [0.1, 0.15) is 17.3 Å². The monoisotopic (exact) mass is 366 g/mol. The van der Waals surface area contributed by atoms with Gasteiger partial charge < -0.3 is 9.52 Å². The van der Waals surface area contributed by atoms with Crippen molar-refractivity contribution in [3.8, 4) is 0 Å². The van der Waals surface area contributed by atoms with Crippen LogP contribution < -0.4 is 0 Å². The zero-order chi connectivity index (χ0) is 15.1. The fourth-order valence-electron chi connectivity index (χ4n) is 2.19. The average Bonchev–Trinajstić information content (AvgIpc) is 2.74. The van der Waals surface area contributed by atoms with Gasteiger partial charge in [-0.2, -0.15) is 4.31 Å². The Kier molecular flexibility index (Phi) is 4.32. The lowest BCUT2D eigenvalue weighted by Gasteiger charge is -2.44. The van der Waals surface area contributed by atoms with Crippen molar-refractivity contribution in [3.63, 3.8) is 0 Å². The van der Waals surface area contributed by atoms with Crippen molar-refractivity contribution in [2.24, 2.45) is 0 Å². The Labute approximate surface area is 127 Å². The summed E-state index contributed by atoms with van der Waals surface area (Å²) in [5, 5.41) is 9.04. The molecule has 0 bridgehead atoms. The number of hydrogen-bond acceptors (Lipinski definition) is 5. The molecule has 0 spiro atoms. The number of sulfonamides is 1. The predicted molar refractivity (Wildman–Crippen MR) is 77.8 cm³/mol. The number of aliphatic hydroxyl groups is 1. The van der Waals surface area contributed by atoms with Gasteiger partial charge in [0.2, 0.25) is 10.0 Å². The molecule has 114 valence electrons. The minimum absolute atomic E-state index is 0.0712. The van der Waals surface area contributed by atoms with Crippen LogP contribution in [0.3, 0.4) is 0 Å². The molecule has 1 aromatic rings. The molecule has 1 saturated heterocycles. The van der Waals surface area contributed by atoms with Crippen molar-refractivity contribution in [1.29, 1.82) is 0 Å². The van der Waals surface area contributed by atoms with Crippen LogP contribution in [0.15, 0.2) is 20.0 Å². The van der Waals surface area contributed by atoms with E-state index in [1.165, 1.54) is 10.4 Å². The molecule has 2 heterocycles. The number of piperazine rings is 1. The first-order chi connectivity index (χ1) is 9.18. The molecule has 1 N–H and O–H groups in total. The van der Waals surface area contributed by atoms with Crippen molar-refractivity contribution >= 4 is 26.0 Å². The third kappa shape index (κ3) is 2.80. The number of likely N-dealkylation sites (N-methyl/N-ethyl adjacent to an activating group) is 1. The smallest absolute Gasteiger partial charge is 0.247 e. The second-order valence-corrected chi connectivity index (χ2v) is 8.21. The van der Waals surface area contributed by atoms with Gasteiger partial charge in [0.15, 0.2) is 4.67 Å². The number of furan rings is 1. The molecule has 0 aliphatic carbocycles. The lowest BCUT2D eigenvalue weighted by Crippen LogP contribution is -2.58. The molecule has 2 rings (SSSR count). The number of nitrogens with zero attached hydrogens (tertiary/aromatic N) is 2. The molecule has 0 unspecified atom stereocenters. The first-order valence-corrected chi connectivity index (χ1v) is 8.52. The van der Waals surface area contributed by atoms with Gasteiger partial charge in [-0.05, 0) is 36.8 Å². The van der Waals surface area contributed by atoms with Gasteiger partial charge in [-0.25, -0.2) is 8.42 Å². The number of aliphatic hydroxyl groups excluding tert-OH is 1. The fourth-order valence-corrected chi connectivity index (χ4v) is 4.74. The van der Waals surface area contributed by atoms with Crippen molar-refractivity contribution in [2.45, 2.75) is 30.9 Å². The van der Waals surface area contributed by atoms with Crippen molar-refractivity contribution in [3.05, 3.63) is 16.5 Å². The van der Waals surface area contributed by atoms with Crippen LogP contribution in [-0.2, 0) is 16.6 Å². The second kappa shape index (κ2) is 5.42. The van der Waals surface area contributed by atoms with Crippen LogP contribution in [0.4, 0.5) is 0 Å². The highest BCUT2D eigenvalue weighted by molar-refractivity contribution is 9.10. The molecule has 1 fully saturated rings. The van der Waals surface area contributed by atoms with Gasteiger partial charge in [-0.1, -0.05) is 0 Å². The second-order valence-electron chi connectivity index (χ2n) is 5.58. The van der Waals surface area contributed by atoms with Crippen molar-refractivity contribution < 1.29 is 17.9 Å². The van der Waals surface area contributed by atoms with E-state index in [-0.39, 0.29) is 27.5 Å². The topological polar surface area (TPSA) is 74.0 Å². The van der Waals surface area contributed by atoms with Gasteiger partial charge in [0.25, 0.3) is 0 Å². The summed E-state index contributed by atoms with van der Waals surface area (Å²) in [6.45, 7) is 5.22. The summed E-state index contributed by atoms with van der Waals surface area (Å²) in [6.07, 6.45) is 0. The highest BCUT2D eigenvalue weighted by atomic mass is 79.9. The number of halogens is 1. The zero-order valence-corrected chi connectivity index (χ0v) is 14.2. The quantitative estimate of drug-likeness (QED) is 0.871. The standard InChI is InChI=1S/C12H19BrN2O4S/c1-12(2)8-15(5-4-14(12)3)20(17,18)10-6-9(7-16)19-11(10)13/h6,16H,4-5,7-8H2,1-3H3. The van der Waals surface area contributed by atoms with E-state index in [0.717, 1.165) is 0 Å². The van der Waals surface area contributed by atoms with Crippen LogP contribution in [0.1, 0.15) is 19.6 Å². The molecule has 0 amide bonds. The van der Waals surface area contributed by atoms with Gasteiger partial charge in [-0.15, -0.1) is 0 Å². The van der Waals surface area contributed by atoms with E-state index in [0.29, 0.717) is 19.6 Å². The maximum atomic E-state index is 12.7. The summed E-state index contributed by atoms with van der Waals surface area (Å²) < 4.78 is 32.1. The molecule has 0 radical (unpaired) electrons. The van der Waals surface area contributed by atoms with Crippen molar-refractivity contribution in [2.75, 3.05) is 26.7 Å². The van der Waals surface area contributed by atoms with E-state index in [1.54, 1.807) is 0 Å². The summed E-state index contributed by atoms with van der Waals surface area (Å²) in [7, 11) is -1.63. The summed E-state index contributed by atoms with van der Waals surface area (Å²) in [4.78, 5) is 2.21. The van der Waals surface area contributed by atoms with Crippen LogP contribution in [0.5, 0.6) is 0 Å². The third-order valence-corrected chi connectivity index (χ3v) is 6.46. The van der Waals surface area contributed by atoms with E-state index in [1.807, 2.05) is 20.9 Å².